The zero-order valence-electron chi connectivity index (χ0n) is 43.2. The molecular weight excluding hydrogens is 957 g/mol. The first-order valence-electron chi connectivity index (χ1n) is 26.3. The molecule has 0 aliphatic carbocycles. The van der Waals surface area contributed by atoms with Crippen molar-refractivity contribution in [2.45, 2.75) is 121 Å². The minimum Gasteiger partial charge on any atom is -0.374 e. The predicted octanol–water partition coefficient (Wildman–Crippen LogP) is 11.8. The van der Waals surface area contributed by atoms with Gasteiger partial charge in [0.2, 0.25) is 0 Å². The summed E-state index contributed by atoms with van der Waals surface area (Å²) in [5.41, 5.74) is 6.95. The van der Waals surface area contributed by atoms with Crippen LogP contribution < -0.4 is 0 Å². The summed E-state index contributed by atoms with van der Waals surface area (Å²) < 4.78 is 76.4. The Morgan fingerprint density at radius 3 is 0.961 bits per heavy atom. The van der Waals surface area contributed by atoms with Crippen LogP contribution >= 0.6 is 0 Å². The van der Waals surface area contributed by atoms with E-state index in [0.29, 0.717) is 13.2 Å². The molecule has 0 bridgehead atoms. The van der Waals surface area contributed by atoms with E-state index in [1.165, 1.54) is 0 Å². The van der Waals surface area contributed by atoms with Gasteiger partial charge in [-0.25, -0.2) is 0 Å². The molecule has 2 heterocycles. The molecule has 7 aromatic carbocycles. The van der Waals surface area contributed by atoms with E-state index in [4.69, 9.17) is 52.1 Å². The Morgan fingerprint density at radius 1 is 0.342 bits per heavy atom. The fraction of sp³-hybridized carbons (Fsp3) is 0.323. The van der Waals surface area contributed by atoms with Crippen molar-refractivity contribution >= 4 is 0 Å². The maximum Gasteiger partial charge on any atom is 0.187 e. The third kappa shape index (κ3) is 16.2. The highest BCUT2D eigenvalue weighted by Crippen LogP contribution is 2.35. The molecule has 396 valence electrons. The van der Waals surface area contributed by atoms with Gasteiger partial charge in [0.15, 0.2) is 12.6 Å². The predicted molar refractivity (Wildman–Crippen MR) is 290 cm³/mol. The molecule has 0 radical (unpaired) electrons. The lowest BCUT2D eigenvalue weighted by atomic mass is 9.96. The summed E-state index contributed by atoms with van der Waals surface area (Å²) in [4.78, 5) is 0. The Kier molecular flexibility index (Phi) is 21.1. The number of ether oxygens (including phenoxy) is 11. The zero-order chi connectivity index (χ0) is 52.0. The molecule has 0 spiro atoms. The standard InChI is InChI=1S/C65H70O11/c1-3-48(2)74-65-63(72-45-55-37-23-10-24-38-55)61(70-43-53-33-19-8-20-34-53)59(68-41-51-29-15-6-16-30-51)57(76-65)47-73-64-62(71-44-54-35-21-9-22-36-54)60(69-42-52-31-17-7-18-32-52)58(67-40-50-27-13-5-14-28-50)56(75-64)46-66-39-49-25-11-4-12-26-49/h3-38,48,56-65H,1,39-47H2,2H3/t48?,56-,57-,58-,59-,60+,61+,62-,63-,64-,65-/m1/s1. The van der Waals surface area contributed by atoms with Crippen molar-refractivity contribution in [2.24, 2.45) is 0 Å². The lowest BCUT2D eigenvalue weighted by Crippen LogP contribution is -2.64. The molecule has 7 aromatic rings. The van der Waals surface area contributed by atoms with Gasteiger partial charge >= 0.3 is 0 Å². The molecule has 2 saturated heterocycles. The third-order valence-electron chi connectivity index (χ3n) is 13.4. The fourth-order valence-corrected chi connectivity index (χ4v) is 9.33. The van der Waals surface area contributed by atoms with Crippen LogP contribution in [-0.2, 0) is 98.4 Å². The molecule has 2 aliphatic rings. The Morgan fingerprint density at radius 2 is 0.618 bits per heavy atom. The molecule has 0 amide bonds. The lowest BCUT2D eigenvalue weighted by Gasteiger charge is -2.48. The first kappa shape index (κ1) is 54.6. The Balaban J connectivity index is 1.07. The Bertz CT molecular complexity index is 2670. The molecule has 11 nitrogen and oxygen atoms in total. The van der Waals surface area contributed by atoms with Crippen LogP contribution in [-0.4, -0.2) is 80.7 Å². The summed E-state index contributed by atoms with van der Waals surface area (Å²) in [6.07, 6.45) is -6.49. The van der Waals surface area contributed by atoms with Crippen LogP contribution in [0, 0.1) is 0 Å². The SMILES string of the molecule is C=CC(C)O[C@@H]1O[C@H](CO[C@@H]2O[C@H](COCc3ccccc3)[C@@H](OCc3ccccc3)[C@H](OCc3ccccc3)[C@H]2OCc2ccccc2)[C@@H](OCc2ccccc2)[C@H](OCc2ccccc2)[C@H]1OCc1ccccc1. The highest BCUT2D eigenvalue weighted by molar-refractivity contribution is 5.19. The normalized spacial score (nSPS) is 23.9. The van der Waals surface area contributed by atoms with E-state index in [9.17, 15) is 0 Å². The van der Waals surface area contributed by atoms with E-state index in [1.807, 2.05) is 219 Å². The topological polar surface area (TPSA) is 102 Å². The molecule has 2 aliphatic heterocycles. The van der Waals surface area contributed by atoms with Gasteiger partial charge in [0.25, 0.3) is 0 Å². The van der Waals surface area contributed by atoms with Gasteiger partial charge in [0, 0.05) is 0 Å². The van der Waals surface area contributed by atoms with Gasteiger partial charge in [-0.2, -0.15) is 0 Å². The van der Waals surface area contributed by atoms with Gasteiger partial charge in [-0.1, -0.05) is 218 Å². The van der Waals surface area contributed by atoms with Gasteiger partial charge in [0.1, 0.15) is 48.8 Å². The van der Waals surface area contributed by atoms with Crippen LogP contribution in [0.2, 0.25) is 0 Å². The number of hydrogen-bond donors (Lipinski definition) is 0. The summed E-state index contributed by atoms with van der Waals surface area (Å²) >= 11 is 0. The highest BCUT2D eigenvalue weighted by atomic mass is 16.8. The minimum atomic E-state index is -1.02. The first-order valence-corrected chi connectivity index (χ1v) is 26.3. The highest BCUT2D eigenvalue weighted by Gasteiger charge is 2.52. The molecule has 11 atom stereocenters. The van der Waals surface area contributed by atoms with Crippen LogP contribution in [0.25, 0.3) is 0 Å². The summed E-state index contributed by atoms with van der Waals surface area (Å²) in [6, 6.07) is 70.4. The summed E-state index contributed by atoms with van der Waals surface area (Å²) in [6.45, 7) is 8.08. The van der Waals surface area contributed by atoms with Gasteiger partial charge in [-0.05, 0) is 45.9 Å². The molecular formula is C65H70O11. The molecule has 76 heavy (non-hydrogen) atoms. The monoisotopic (exact) mass is 1030 g/mol. The molecule has 2 fully saturated rings. The lowest BCUT2D eigenvalue weighted by molar-refractivity contribution is -0.355. The number of rotatable bonds is 28. The third-order valence-corrected chi connectivity index (χ3v) is 13.4. The van der Waals surface area contributed by atoms with Crippen molar-refractivity contribution in [1.82, 2.24) is 0 Å². The van der Waals surface area contributed by atoms with E-state index in [-0.39, 0.29) is 46.2 Å². The van der Waals surface area contributed by atoms with Crippen molar-refractivity contribution in [3.05, 3.63) is 264 Å². The first-order chi connectivity index (χ1) is 37.6. The molecule has 1 unspecified atom stereocenters. The maximum absolute atomic E-state index is 7.14. The van der Waals surface area contributed by atoms with Crippen LogP contribution in [0.1, 0.15) is 45.9 Å². The van der Waals surface area contributed by atoms with E-state index in [2.05, 4.69) is 6.58 Å². The molecule has 0 aromatic heterocycles. The van der Waals surface area contributed by atoms with Crippen molar-refractivity contribution in [3.63, 3.8) is 0 Å². The average Bonchev–Trinajstić information content (AvgIpc) is 3.49. The number of benzene rings is 7. The second-order valence-electron chi connectivity index (χ2n) is 19.1. The summed E-state index contributed by atoms with van der Waals surface area (Å²) in [5, 5.41) is 0. The molecule has 0 N–H and O–H groups in total. The van der Waals surface area contributed by atoms with Crippen molar-refractivity contribution in [3.8, 4) is 0 Å². The largest absolute Gasteiger partial charge is 0.374 e. The minimum absolute atomic E-state index is 0.0349. The molecule has 9 rings (SSSR count). The van der Waals surface area contributed by atoms with Crippen LogP contribution in [0.4, 0.5) is 0 Å². The Labute approximate surface area is 448 Å². The summed E-state index contributed by atoms with van der Waals surface area (Å²) in [7, 11) is 0. The van der Waals surface area contributed by atoms with Gasteiger partial charge < -0.3 is 52.1 Å². The van der Waals surface area contributed by atoms with Crippen LogP contribution in [0.5, 0.6) is 0 Å². The fourth-order valence-electron chi connectivity index (χ4n) is 9.33. The second-order valence-corrected chi connectivity index (χ2v) is 19.1. The van der Waals surface area contributed by atoms with Crippen LogP contribution in [0.3, 0.4) is 0 Å². The van der Waals surface area contributed by atoms with Gasteiger partial charge in [-0.3, -0.25) is 0 Å². The van der Waals surface area contributed by atoms with E-state index in [1.54, 1.807) is 6.08 Å². The average molecular weight is 1030 g/mol. The smallest absolute Gasteiger partial charge is 0.187 e. The van der Waals surface area contributed by atoms with Gasteiger partial charge in [-0.15, -0.1) is 6.58 Å². The quantitative estimate of drug-likeness (QED) is 0.0438. The maximum atomic E-state index is 7.14. The second kappa shape index (κ2) is 29.4. The van der Waals surface area contributed by atoms with E-state index >= 15 is 0 Å². The van der Waals surface area contributed by atoms with Crippen molar-refractivity contribution in [2.75, 3.05) is 13.2 Å². The zero-order valence-corrected chi connectivity index (χ0v) is 43.2. The number of hydrogen-bond acceptors (Lipinski definition) is 11. The summed E-state index contributed by atoms with van der Waals surface area (Å²) in [5.74, 6) is 0. The van der Waals surface area contributed by atoms with Gasteiger partial charge in [0.05, 0.1) is 65.6 Å². The van der Waals surface area contributed by atoms with E-state index in [0.717, 1.165) is 38.9 Å². The molecule has 11 heteroatoms. The molecule has 0 saturated carbocycles. The van der Waals surface area contributed by atoms with Crippen molar-refractivity contribution in [1.29, 1.82) is 0 Å². The van der Waals surface area contributed by atoms with Crippen LogP contribution in [0.15, 0.2) is 225 Å². The Hall–Kier alpha value is -6.16. The van der Waals surface area contributed by atoms with E-state index < -0.39 is 67.5 Å². The van der Waals surface area contributed by atoms with Crippen molar-refractivity contribution < 1.29 is 52.1 Å².